The molecule has 1 heterocycles. The van der Waals surface area contributed by atoms with E-state index in [1.165, 1.54) is 10.8 Å². The number of hydrogen-bond donors (Lipinski definition) is 0. The van der Waals surface area contributed by atoms with Gasteiger partial charge in [0, 0.05) is 33.5 Å². The molecule has 0 spiro atoms. The van der Waals surface area contributed by atoms with Gasteiger partial charge in [-0.1, -0.05) is 170 Å². The molecule has 0 unspecified atom stereocenters. The summed E-state index contributed by atoms with van der Waals surface area (Å²) < 4.78 is 39.8. The normalized spacial score (nSPS) is 12.2. The Hall–Kier alpha value is -7.42. The van der Waals surface area contributed by atoms with Crippen molar-refractivity contribution >= 4 is 38.9 Å². The Morgan fingerprint density at radius 2 is 0.696 bits per heavy atom. The molecule has 0 amide bonds. The Balaban J connectivity index is 1.06. The minimum Gasteiger partial charge on any atom is -0.311 e. The van der Waals surface area contributed by atoms with Crippen LogP contribution in [0.25, 0.3) is 72.0 Å². The van der Waals surface area contributed by atoms with Crippen LogP contribution in [0.1, 0.15) is 5.48 Å². The molecule has 2 heteroatoms. The third kappa shape index (κ3) is 6.24. The van der Waals surface area contributed by atoms with Gasteiger partial charge in [0.2, 0.25) is 0 Å². The number of aromatic nitrogens is 1. The minimum atomic E-state index is -0.117. The number of hydrogen-bond acceptors (Lipinski definition) is 1. The van der Waals surface area contributed by atoms with Crippen LogP contribution in [0.4, 0.5) is 17.1 Å². The van der Waals surface area contributed by atoms with Gasteiger partial charge in [0.1, 0.15) is 0 Å². The van der Waals surface area contributed by atoms with Gasteiger partial charge in [-0.25, -0.2) is 0 Å². The van der Waals surface area contributed by atoms with Crippen LogP contribution in [0.2, 0.25) is 0 Å². The summed E-state index contributed by atoms with van der Waals surface area (Å²) in [5.41, 5.74) is 12.1. The average Bonchev–Trinajstić information content (AvgIpc) is 3.65. The van der Waals surface area contributed by atoms with E-state index < -0.39 is 0 Å². The minimum absolute atomic E-state index is 0.0946. The van der Waals surface area contributed by atoms with Gasteiger partial charge in [-0.2, -0.15) is 0 Å². The van der Waals surface area contributed by atoms with Crippen LogP contribution < -0.4 is 4.90 Å². The molecular weight excluding hydrogens is 677 g/mol. The molecule has 0 saturated carbocycles. The summed E-state index contributed by atoms with van der Waals surface area (Å²) >= 11 is 0. The highest BCUT2D eigenvalue weighted by Gasteiger charge is 2.15. The largest absolute Gasteiger partial charge is 0.311 e. The first-order valence-electron chi connectivity index (χ1n) is 20.9. The molecule has 0 atom stereocenters. The van der Waals surface area contributed by atoms with Gasteiger partial charge in [0.05, 0.1) is 16.5 Å². The first kappa shape index (κ1) is 29.0. The van der Waals surface area contributed by atoms with Gasteiger partial charge < -0.3 is 9.47 Å². The summed E-state index contributed by atoms with van der Waals surface area (Å²) in [4.78, 5) is 1.84. The van der Waals surface area contributed by atoms with E-state index in [4.69, 9.17) is 0 Å². The molecule has 0 radical (unpaired) electrons. The lowest BCUT2D eigenvalue weighted by molar-refractivity contribution is 1.18. The van der Waals surface area contributed by atoms with Crippen molar-refractivity contribution in [2.24, 2.45) is 0 Å². The SMILES string of the molecule is [2H]c1c([2H])c(N(c2ccc(-c3ccccc3)cc2)c2ccc(-c3cccc(-n4c5ccccc5c5ccccc54)c3)cc2)c([2H])c([2H])c1-c1ccc(-c2ccccc2)cc1. The second-order valence-electron chi connectivity index (χ2n) is 13.9. The van der Waals surface area contributed by atoms with E-state index >= 15 is 0 Å². The van der Waals surface area contributed by atoms with Crippen LogP contribution in [0.5, 0.6) is 0 Å². The van der Waals surface area contributed by atoms with Crippen LogP contribution in [-0.4, -0.2) is 4.57 Å². The van der Waals surface area contributed by atoms with Crippen molar-refractivity contribution < 1.29 is 5.48 Å². The van der Waals surface area contributed by atoms with Gasteiger partial charge in [-0.3, -0.25) is 0 Å². The Bertz CT molecular complexity index is 3080. The molecule has 0 aliphatic heterocycles. The number of nitrogens with zero attached hydrogens (tertiary/aromatic N) is 2. The molecule has 0 aliphatic carbocycles. The topological polar surface area (TPSA) is 8.17 Å². The van der Waals surface area contributed by atoms with E-state index in [0.29, 0.717) is 11.3 Å². The lowest BCUT2D eigenvalue weighted by Gasteiger charge is -2.26. The molecule has 0 aliphatic rings. The van der Waals surface area contributed by atoms with Gasteiger partial charge in [0.25, 0.3) is 0 Å². The fourth-order valence-corrected chi connectivity index (χ4v) is 7.69. The standard InChI is InChI=1S/C54H38N2/c1-3-12-39(13-4-1)41-22-24-42(25-23-41)44-28-34-48(35-29-44)55(47-32-26-43(27-33-47)40-14-5-2-6-15-40)49-36-30-45(31-37-49)46-16-11-17-50(38-46)56-53-20-9-7-18-51(53)52-19-8-10-21-54(52)56/h1-38H/i28D,29D,34D,35D. The predicted molar refractivity (Wildman–Crippen MR) is 237 cm³/mol. The quantitative estimate of drug-likeness (QED) is 0.152. The Morgan fingerprint density at radius 3 is 1.21 bits per heavy atom. The number of para-hydroxylation sites is 2. The molecule has 0 saturated heterocycles. The Labute approximate surface area is 333 Å². The average molecular weight is 719 g/mol. The summed E-state index contributed by atoms with van der Waals surface area (Å²) in [6, 6.07) is 69.1. The van der Waals surface area contributed by atoms with E-state index in [0.717, 1.165) is 55.8 Å². The number of fused-ring (bicyclic) bond motifs is 3. The summed E-state index contributed by atoms with van der Waals surface area (Å²) in [7, 11) is 0. The van der Waals surface area contributed by atoms with Crippen molar-refractivity contribution in [3.05, 3.63) is 230 Å². The number of rotatable bonds is 8. The maximum Gasteiger partial charge on any atom is 0.0645 e. The fourth-order valence-electron chi connectivity index (χ4n) is 7.69. The number of anilines is 3. The zero-order valence-corrected chi connectivity index (χ0v) is 30.5. The number of benzene rings is 9. The maximum absolute atomic E-state index is 9.45. The third-order valence-electron chi connectivity index (χ3n) is 10.5. The van der Waals surface area contributed by atoms with Crippen molar-refractivity contribution in [2.75, 3.05) is 4.90 Å². The van der Waals surface area contributed by atoms with Crippen molar-refractivity contribution in [3.63, 3.8) is 0 Å². The molecule has 10 rings (SSSR count). The van der Waals surface area contributed by atoms with Crippen molar-refractivity contribution in [2.45, 2.75) is 0 Å². The van der Waals surface area contributed by atoms with Gasteiger partial charge in [-0.05, 0) is 105 Å². The highest BCUT2D eigenvalue weighted by atomic mass is 15.1. The van der Waals surface area contributed by atoms with E-state index in [1.54, 1.807) is 0 Å². The van der Waals surface area contributed by atoms with Crippen molar-refractivity contribution in [3.8, 4) is 50.2 Å². The summed E-state index contributed by atoms with van der Waals surface area (Å²) in [6.45, 7) is 0. The molecule has 0 N–H and O–H groups in total. The van der Waals surface area contributed by atoms with E-state index in [-0.39, 0.29) is 35.4 Å². The highest BCUT2D eigenvalue weighted by molar-refractivity contribution is 6.09. The molecule has 0 bridgehead atoms. The van der Waals surface area contributed by atoms with Gasteiger partial charge in [-0.15, -0.1) is 0 Å². The lowest BCUT2D eigenvalue weighted by Crippen LogP contribution is -2.09. The zero-order valence-electron chi connectivity index (χ0n) is 34.5. The highest BCUT2D eigenvalue weighted by Crippen LogP contribution is 2.39. The van der Waals surface area contributed by atoms with E-state index in [9.17, 15) is 5.48 Å². The predicted octanol–water partition coefficient (Wildman–Crippen LogP) is 14.9. The van der Waals surface area contributed by atoms with Gasteiger partial charge in [0.15, 0.2) is 0 Å². The third-order valence-corrected chi connectivity index (χ3v) is 10.5. The smallest absolute Gasteiger partial charge is 0.0645 e. The molecule has 9 aromatic carbocycles. The summed E-state index contributed by atoms with van der Waals surface area (Å²) in [6.07, 6.45) is 0. The molecule has 10 aromatic rings. The Morgan fingerprint density at radius 1 is 0.304 bits per heavy atom. The van der Waals surface area contributed by atoms with Crippen LogP contribution >= 0.6 is 0 Å². The summed E-state index contributed by atoms with van der Waals surface area (Å²) in [5, 5.41) is 2.42. The monoisotopic (exact) mass is 718 g/mol. The molecule has 0 fully saturated rings. The molecule has 1 aromatic heterocycles. The van der Waals surface area contributed by atoms with Crippen molar-refractivity contribution in [1.82, 2.24) is 4.57 Å². The van der Waals surface area contributed by atoms with E-state index in [2.05, 4.69) is 102 Å². The molecule has 2 nitrogen and oxygen atoms in total. The first-order chi connectivity index (χ1) is 29.4. The van der Waals surface area contributed by atoms with Crippen LogP contribution in [0, 0.1) is 0 Å². The molecule has 264 valence electrons. The van der Waals surface area contributed by atoms with E-state index in [1.807, 2.05) is 114 Å². The molecular formula is C54H38N2. The first-order valence-corrected chi connectivity index (χ1v) is 18.9. The van der Waals surface area contributed by atoms with Crippen LogP contribution in [-0.2, 0) is 0 Å². The van der Waals surface area contributed by atoms with Crippen LogP contribution in [0.3, 0.4) is 0 Å². The maximum atomic E-state index is 9.45. The van der Waals surface area contributed by atoms with Crippen LogP contribution in [0.15, 0.2) is 230 Å². The second-order valence-corrected chi connectivity index (χ2v) is 13.9. The fraction of sp³-hybridized carbons (Fsp3) is 0. The lowest BCUT2D eigenvalue weighted by atomic mass is 10.00. The Kier molecular flexibility index (Phi) is 7.47. The zero-order chi connectivity index (χ0) is 40.7. The van der Waals surface area contributed by atoms with Crippen molar-refractivity contribution in [1.29, 1.82) is 0 Å². The van der Waals surface area contributed by atoms with Gasteiger partial charge >= 0.3 is 0 Å². The second kappa shape index (κ2) is 14.4. The molecule has 56 heavy (non-hydrogen) atoms. The summed E-state index contributed by atoms with van der Waals surface area (Å²) in [5.74, 6) is 0.